The van der Waals surface area contributed by atoms with Gasteiger partial charge in [-0.15, -0.1) is 5.10 Å². The van der Waals surface area contributed by atoms with Crippen molar-refractivity contribution in [3.8, 4) is 0 Å². The van der Waals surface area contributed by atoms with Crippen LogP contribution in [-0.4, -0.2) is 32.0 Å². The van der Waals surface area contributed by atoms with Gasteiger partial charge in [-0.3, -0.25) is 9.59 Å². The number of carbonyl (C=O) groups is 2. The predicted molar refractivity (Wildman–Crippen MR) is 72.8 cm³/mol. The highest BCUT2D eigenvalue weighted by atomic mass is 16.4. The summed E-state index contributed by atoms with van der Waals surface area (Å²) in [6.07, 6.45) is 3.85. The number of aliphatic carboxylic acids is 1. The number of carboxylic acid groups (broad SMARTS) is 1. The van der Waals surface area contributed by atoms with Gasteiger partial charge in [-0.2, -0.15) is 0 Å². The largest absolute Gasteiger partial charge is 0.480 e. The lowest BCUT2D eigenvalue weighted by molar-refractivity contribution is -0.138. The average molecular weight is 282 g/mol. The van der Waals surface area contributed by atoms with E-state index in [0.29, 0.717) is 12.1 Å². The first-order valence-electron chi connectivity index (χ1n) is 6.64. The normalized spacial score (nSPS) is 11.3. The molecule has 0 saturated heterocycles. The zero-order chi connectivity index (χ0) is 15.2. The van der Waals surface area contributed by atoms with Gasteiger partial charge < -0.3 is 10.4 Å². The maximum Gasteiger partial charge on any atom is 0.325 e. The summed E-state index contributed by atoms with van der Waals surface area (Å²) in [5.74, 6) is -1.00. The Kier molecular flexibility index (Phi) is 5.66. The number of amides is 1. The molecule has 1 aromatic heterocycles. The van der Waals surface area contributed by atoms with Crippen LogP contribution in [0.2, 0.25) is 0 Å². The lowest BCUT2D eigenvalue weighted by Gasteiger charge is -2.17. The molecule has 0 bridgehead atoms. The Morgan fingerprint density at radius 1 is 1.40 bits per heavy atom. The molecule has 0 atom stereocenters. The molecule has 0 aliphatic carbocycles. The molecule has 7 nitrogen and oxygen atoms in total. The van der Waals surface area contributed by atoms with Crippen LogP contribution in [0.3, 0.4) is 0 Å². The molecule has 1 aromatic rings. The van der Waals surface area contributed by atoms with E-state index >= 15 is 0 Å². The Morgan fingerprint density at radius 3 is 2.70 bits per heavy atom. The van der Waals surface area contributed by atoms with Gasteiger partial charge in [-0.25, -0.2) is 4.68 Å². The molecule has 0 aliphatic heterocycles. The van der Waals surface area contributed by atoms with Gasteiger partial charge >= 0.3 is 5.97 Å². The van der Waals surface area contributed by atoms with Crippen molar-refractivity contribution < 1.29 is 14.7 Å². The van der Waals surface area contributed by atoms with Crippen LogP contribution in [0.1, 0.15) is 45.7 Å². The summed E-state index contributed by atoms with van der Waals surface area (Å²) >= 11 is 0. The predicted octanol–water partition coefficient (Wildman–Crippen LogP) is 1.20. The van der Waals surface area contributed by atoms with Gasteiger partial charge in [0.05, 0.1) is 12.7 Å². The molecule has 1 rings (SSSR count). The summed E-state index contributed by atoms with van der Waals surface area (Å²) in [5.41, 5.74) is 0.787. The number of nitrogens with zero attached hydrogens (tertiary/aromatic N) is 3. The third-order valence-corrected chi connectivity index (χ3v) is 2.68. The molecule has 20 heavy (non-hydrogen) atoms. The molecule has 0 spiro atoms. The molecule has 0 aliphatic rings. The van der Waals surface area contributed by atoms with Crippen LogP contribution in [0, 0.1) is 5.41 Å². The van der Waals surface area contributed by atoms with Crippen LogP contribution in [0.5, 0.6) is 0 Å². The number of aromatic nitrogens is 3. The summed E-state index contributed by atoms with van der Waals surface area (Å²) in [6.45, 7) is 6.48. The van der Waals surface area contributed by atoms with Gasteiger partial charge in [-0.1, -0.05) is 26.0 Å². The van der Waals surface area contributed by atoms with Gasteiger partial charge in [0, 0.05) is 6.42 Å². The van der Waals surface area contributed by atoms with E-state index in [4.69, 9.17) is 5.11 Å². The molecule has 1 heterocycles. The SMILES string of the molecule is CC(C)(C)CCCC(=O)NCc1cn(CC(=O)O)nn1. The van der Waals surface area contributed by atoms with E-state index in [1.165, 1.54) is 10.9 Å². The topological polar surface area (TPSA) is 97.1 Å². The average Bonchev–Trinajstić information content (AvgIpc) is 2.71. The van der Waals surface area contributed by atoms with E-state index in [9.17, 15) is 9.59 Å². The summed E-state index contributed by atoms with van der Waals surface area (Å²) in [5, 5.41) is 18.8. The Morgan fingerprint density at radius 2 is 2.10 bits per heavy atom. The minimum atomic E-state index is -0.979. The third-order valence-electron chi connectivity index (χ3n) is 2.68. The van der Waals surface area contributed by atoms with Crippen LogP contribution in [0.25, 0.3) is 0 Å². The number of hydrogen-bond acceptors (Lipinski definition) is 4. The van der Waals surface area contributed by atoms with Crippen molar-refractivity contribution in [1.82, 2.24) is 20.3 Å². The van der Waals surface area contributed by atoms with E-state index < -0.39 is 5.97 Å². The molecule has 2 N–H and O–H groups in total. The van der Waals surface area contributed by atoms with Gasteiger partial charge in [0.2, 0.25) is 5.91 Å². The summed E-state index contributed by atoms with van der Waals surface area (Å²) in [6, 6.07) is 0. The van der Waals surface area contributed by atoms with E-state index in [1.54, 1.807) is 0 Å². The molecule has 0 saturated carbocycles. The molecule has 0 fully saturated rings. The second kappa shape index (κ2) is 7.02. The van der Waals surface area contributed by atoms with E-state index in [1.807, 2.05) is 0 Å². The number of carboxylic acids is 1. The van der Waals surface area contributed by atoms with Crippen LogP contribution >= 0.6 is 0 Å². The summed E-state index contributed by atoms with van der Waals surface area (Å²) in [7, 11) is 0. The molecular formula is C13H22N4O3. The quantitative estimate of drug-likeness (QED) is 0.783. The zero-order valence-electron chi connectivity index (χ0n) is 12.2. The van der Waals surface area contributed by atoms with E-state index in [2.05, 4.69) is 36.4 Å². The fourth-order valence-corrected chi connectivity index (χ4v) is 1.69. The maximum atomic E-state index is 11.6. The van der Waals surface area contributed by atoms with Crippen LogP contribution < -0.4 is 5.32 Å². The maximum absolute atomic E-state index is 11.6. The number of carbonyl (C=O) groups excluding carboxylic acids is 1. The van der Waals surface area contributed by atoms with Crippen molar-refractivity contribution in [1.29, 1.82) is 0 Å². The zero-order valence-corrected chi connectivity index (χ0v) is 12.2. The molecule has 112 valence electrons. The van der Waals surface area contributed by atoms with Crippen molar-refractivity contribution in [2.45, 2.75) is 53.1 Å². The highest BCUT2D eigenvalue weighted by molar-refractivity contribution is 5.75. The summed E-state index contributed by atoms with van der Waals surface area (Å²) < 4.78 is 1.23. The van der Waals surface area contributed by atoms with Crippen molar-refractivity contribution in [3.63, 3.8) is 0 Å². The molecule has 0 aromatic carbocycles. The van der Waals surface area contributed by atoms with Crippen molar-refractivity contribution in [3.05, 3.63) is 11.9 Å². The van der Waals surface area contributed by atoms with Gasteiger partial charge in [0.25, 0.3) is 0 Å². The van der Waals surface area contributed by atoms with Gasteiger partial charge in [-0.05, 0) is 18.3 Å². The lowest BCUT2D eigenvalue weighted by atomic mass is 9.90. The Bertz CT molecular complexity index is 462. The monoisotopic (exact) mass is 282 g/mol. The third kappa shape index (κ3) is 6.86. The smallest absolute Gasteiger partial charge is 0.325 e. The highest BCUT2D eigenvalue weighted by Gasteiger charge is 2.11. The van der Waals surface area contributed by atoms with E-state index in [-0.39, 0.29) is 24.4 Å². The standard InChI is InChI=1S/C13H22N4O3/c1-13(2,3)6-4-5-11(18)14-7-10-8-17(16-15-10)9-12(19)20/h8H,4-7,9H2,1-3H3,(H,14,18)(H,19,20). The van der Waals surface area contributed by atoms with Crippen molar-refractivity contribution in [2.24, 2.45) is 5.41 Å². The van der Waals surface area contributed by atoms with Gasteiger partial charge in [0.1, 0.15) is 12.2 Å². The first-order chi connectivity index (χ1) is 9.26. The molecule has 1 amide bonds. The molecule has 0 radical (unpaired) electrons. The van der Waals surface area contributed by atoms with Crippen molar-refractivity contribution in [2.75, 3.05) is 0 Å². The number of rotatable bonds is 7. The van der Waals surface area contributed by atoms with Crippen molar-refractivity contribution >= 4 is 11.9 Å². The second-order valence-corrected chi connectivity index (χ2v) is 5.99. The Hall–Kier alpha value is -1.92. The molecule has 7 heteroatoms. The molecular weight excluding hydrogens is 260 g/mol. The fraction of sp³-hybridized carbons (Fsp3) is 0.692. The Balaban J connectivity index is 2.27. The van der Waals surface area contributed by atoms with E-state index in [0.717, 1.165) is 12.8 Å². The van der Waals surface area contributed by atoms with Gasteiger partial charge in [0.15, 0.2) is 0 Å². The first kappa shape index (κ1) is 16.1. The minimum absolute atomic E-state index is 0.0259. The highest BCUT2D eigenvalue weighted by Crippen LogP contribution is 2.21. The summed E-state index contributed by atoms with van der Waals surface area (Å²) in [4.78, 5) is 22.1. The number of hydrogen-bond donors (Lipinski definition) is 2. The molecule has 0 unspecified atom stereocenters. The second-order valence-electron chi connectivity index (χ2n) is 5.99. The lowest BCUT2D eigenvalue weighted by Crippen LogP contribution is -2.23. The Labute approximate surface area is 118 Å². The van der Waals surface area contributed by atoms with Crippen LogP contribution in [0.15, 0.2) is 6.20 Å². The number of nitrogens with one attached hydrogen (secondary N) is 1. The van der Waals surface area contributed by atoms with Crippen LogP contribution in [0.4, 0.5) is 0 Å². The minimum Gasteiger partial charge on any atom is -0.480 e. The first-order valence-corrected chi connectivity index (χ1v) is 6.64. The fourth-order valence-electron chi connectivity index (χ4n) is 1.69. The van der Waals surface area contributed by atoms with Crippen LogP contribution in [-0.2, 0) is 22.7 Å².